The van der Waals surface area contributed by atoms with Crippen LogP contribution in [0.5, 0.6) is 0 Å². The largest absolute Gasteiger partial charge is 0.355 e. The van der Waals surface area contributed by atoms with Gasteiger partial charge in [-0.1, -0.05) is 24.3 Å². The number of aliphatic imine (C=N–C) groups is 1. The lowest BCUT2D eigenvalue weighted by molar-refractivity contribution is -0.128. The molecule has 3 rings (SSSR count). The topological polar surface area (TPSA) is 61.7 Å². The highest BCUT2D eigenvalue weighted by Gasteiger charge is 2.19. The second-order valence-corrected chi connectivity index (χ2v) is 6.51. The summed E-state index contributed by atoms with van der Waals surface area (Å²) in [6.07, 6.45) is 5.78. The van der Waals surface area contributed by atoms with Gasteiger partial charge in [0.05, 0.1) is 0 Å². The first kappa shape index (κ1) is 18.0. The Morgan fingerprint density at radius 2 is 1.85 bits per heavy atom. The predicted molar refractivity (Wildman–Crippen MR) is 104 cm³/mol. The van der Waals surface area contributed by atoms with Gasteiger partial charge < -0.3 is 20.1 Å². The normalized spacial score (nSPS) is 14.7. The molecule has 1 saturated heterocycles. The number of carbonyl (C=O) groups is 1. The third-order valence-corrected chi connectivity index (χ3v) is 4.58. The molecule has 0 unspecified atom stereocenters. The maximum atomic E-state index is 11.7. The van der Waals surface area contributed by atoms with Crippen LogP contribution in [0.25, 0.3) is 0 Å². The summed E-state index contributed by atoms with van der Waals surface area (Å²) in [5, 5.41) is 6.65. The van der Waals surface area contributed by atoms with Crippen LogP contribution in [0.15, 0.2) is 53.8 Å². The molecular formula is C20H27N5O. The summed E-state index contributed by atoms with van der Waals surface area (Å²) in [6.45, 7) is 4.03. The number of nitrogens with one attached hydrogen (secondary N) is 2. The molecule has 6 nitrogen and oxygen atoms in total. The summed E-state index contributed by atoms with van der Waals surface area (Å²) in [5.41, 5.74) is 2.37. The van der Waals surface area contributed by atoms with E-state index in [1.807, 2.05) is 17.0 Å². The van der Waals surface area contributed by atoms with E-state index in [2.05, 4.69) is 56.9 Å². The number of carbonyl (C=O) groups excluding carboxylic acids is 1. The molecule has 0 atom stereocenters. The van der Waals surface area contributed by atoms with Crippen molar-refractivity contribution in [2.75, 3.05) is 20.1 Å². The van der Waals surface area contributed by atoms with Crippen molar-refractivity contribution in [3.63, 3.8) is 0 Å². The van der Waals surface area contributed by atoms with Crippen molar-refractivity contribution in [3.8, 4) is 0 Å². The fourth-order valence-electron chi connectivity index (χ4n) is 3.08. The summed E-state index contributed by atoms with van der Waals surface area (Å²) in [6, 6.07) is 12.5. The molecule has 138 valence electrons. The molecule has 0 spiro atoms. The maximum absolute atomic E-state index is 11.7. The van der Waals surface area contributed by atoms with Crippen LogP contribution in [-0.4, -0.2) is 41.5 Å². The second kappa shape index (κ2) is 9.08. The average Bonchev–Trinajstić information content (AvgIpc) is 3.31. The Labute approximate surface area is 154 Å². The van der Waals surface area contributed by atoms with E-state index in [9.17, 15) is 4.79 Å². The molecule has 1 fully saturated rings. The second-order valence-electron chi connectivity index (χ2n) is 6.51. The van der Waals surface area contributed by atoms with Gasteiger partial charge in [0.2, 0.25) is 5.91 Å². The van der Waals surface area contributed by atoms with Gasteiger partial charge in [0.15, 0.2) is 5.96 Å². The highest BCUT2D eigenvalue weighted by atomic mass is 16.2. The van der Waals surface area contributed by atoms with Crippen molar-refractivity contribution in [3.05, 3.63) is 59.9 Å². The smallest absolute Gasteiger partial charge is 0.222 e. The highest BCUT2D eigenvalue weighted by molar-refractivity contribution is 5.79. The Morgan fingerprint density at radius 1 is 1.12 bits per heavy atom. The zero-order valence-electron chi connectivity index (χ0n) is 15.3. The van der Waals surface area contributed by atoms with Gasteiger partial charge in [-0.3, -0.25) is 9.79 Å². The molecule has 26 heavy (non-hydrogen) atoms. The van der Waals surface area contributed by atoms with E-state index >= 15 is 0 Å². The molecule has 2 N–H and O–H groups in total. The van der Waals surface area contributed by atoms with Crippen LogP contribution < -0.4 is 10.6 Å². The number of guanidine groups is 1. The van der Waals surface area contributed by atoms with Crippen LogP contribution in [0.4, 0.5) is 0 Å². The third-order valence-electron chi connectivity index (χ3n) is 4.58. The van der Waals surface area contributed by atoms with Crippen LogP contribution >= 0.6 is 0 Å². The summed E-state index contributed by atoms with van der Waals surface area (Å²) in [7, 11) is 1.78. The van der Waals surface area contributed by atoms with Gasteiger partial charge in [-0.25, -0.2) is 0 Å². The molecule has 1 aliphatic heterocycles. The number of amides is 1. The number of aromatic nitrogens is 1. The third kappa shape index (κ3) is 5.12. The number of benzene rings is 1. The number of hydrogen-bond acceptors (Lipinski definition) is 2. The van der Waals surface area contributed by atoms with Crippen LogP contribution in [0.3, 0.4) is 0 Å². The molecule has 0 bridgehead atoms. The van der Waals surface area contributed by atoms with Crippen LogP contribution in [0.2, 0.25) is 0 Å². The molecule has 0 saturated carbocycles. The van der Waals surface area contributed by atoms with Crippen molar-refractivity contribution < 1.29 is 4.79 Å². The van der Waals surface area contributed by atoms with E-state index in [-0.39, 0.29) is 5.91 Å². The van der Waals surface area contributed by atoms with Gasteiger partial charge >= 0.3 is 0 Å². The predicted octanol–water partition coefficient (Wildman–Crippen LogP) is 1.98. The first-order valence-corrected chi connectivity index (χ1v) is 9.15. The fraction of sp³-hybridized carbons (Fsp3) is 0.400. The van der Waals surface area contributed by atoms with Crippen LogP contribution in [-0.2, 0) is 24.4 Å². The molecule has 2 aromatic rings. The minimum atomic E-state index is 0.269. The van der Waals surface area contributed by atoms with E-state index in [0.717, 1.165) is 38.6 Å². The Balaban J connectivity index is 1.42. The quantitative estimate of drug-likeness (QED) is 0.591. The summed E-state index contributed by atoms with van der Waals surface area (Å²) in [4.78, 5) is 17.9. The fourth-order valence-corrected chi connectivity index (χ4v) is 3.08. The molecule has 0 aliphatic carbocycles. The lowest BCUT2D eigenvalue weighted by atomic mass is 10.1. The zero-order valence-corrected chi connectivity index (χ0v) is 15.3. The standard InChI is InChI=1S/C20H27N5O/c1-21-20(22-10-14-24-11-2-3-12-24)23-15-17-6-8-18(9-7-17)16-25-13-4-5-19(25)26/h2-3,6-9,11-12H,4-5,10,13-16H2,1H3,(H2,21,22,23). The van der Waals surface area contributed by atoms with E-state index in [4.69, 9.17) is 0 Å². The molecule has 1 aromatic carbocycles. The van der Waals surface area contributed by atoms with Gasteiger partial charge in [0.25, 0.3) is 0 Å². The lowest BCUT2D eigenvalue weighted by Gasteiger charge is -2.16. The molecule has 1 aromatic heterocycles. The Morgan fingerprint density at radius 3 is 2.50 bits per heavy atom. The minimum absolute atomic E-state index is 0.269. The number of likely N-dealkylation sites (tertiary alicyclic amines) is 1. The van der Waals surface area contributed by atoms with Gasteiger partial charge in [-0.15, -0.1) is 0 Å². The molecule has 1 amide bonds. The summed E-state index contributed by atoms with van der Waals surface area (Å²) in [5.74, 6) is 1.06. The summed E-state index contributed by atoms with van der Waals surface area (Å²) >= 11 is 0. The van der Waals surface area contributed by atoms with Gasteiger partial charge in [0, 0.05) is 58.6 Å². The molecule has 1 aliphatic rings. The molecule has 0 radical (unpaired) electrons. The van der Waals surface area contributed by atoms with Crippen molar-refractivity contribution in [1.29, 1.82) is 0 Å². The Bertz CT molecular complexity index is 721. The number of hydrogen-bond donors (Lipinski definition) is 2. The average molecular weight is 353 g/mol. The number of rotatable bonds is 7. The van der Waals surface area contributed by atoms with E-state index in [1.165, 1.54) is 11.1 Å². The van der Waals surface area contributed by atoms with Crippen LogP contribution in [0.1, 0.15) is 24.0 Å². The van der Waals surface area contributed by atoms with Crippen molar-refractivity contribution in [1.82, 2.24) is 20.1 Å². The van der Waals surface area contributed by atoms with Gasteiger partial charge in [-0.2, -0.15) is 0 Å². The van der Waals surface area contributed by atoms with Gasteiger partial charge in [-0.05, 0) is 29.7 Å². The van der Waals surface area contributed by atoms with Crippen LogP contribution in [0, 0.1) is 0 Å². The number of nitrogens with zero attached hydrogens (tertiary/aromatic N) is 3. The van der Waals surface area contributed by atoms with Gasteiger partial charge in [0.1, 0.15) is 0 Å². The first-order chi connectivity index (χ1) is 12.7. The molecule has 6 heteroatoms. The van der Waals surface area contributed by atoms with Crippen molar-refractivity contribution in [2.24, 2.45) is 4.99 Å². The first-order valence-electron chi connectivity index (χ1n) is 9.15. The molecular weight excluding hydrogens is 326 g/mol. The zero-order chi connectivity index (χ0) is 18.2. The monoisotopic (exact) mass is 353 g/mol. The lowest BCUT2D eigenvalue weighted by Crippen LogP contribution is -2.38. The minimum Gasteiger partial charge on any atom is -0.355 e. The van der Waals surface area contributed by atoms with E-state index in [0.29, 0.717) is 13.0 Å². The Hall–Kier alpha value is -2.76. The highest BCUT2D eigenvalue weighted by Crippen LogP contribution is 2.14. The molecule has 2 heterocycles. The summed E-state index contributed by atoms with van der Waals surface area (Å²) < 4.78 is 2.13. The van der Waals surface area contributed by atoms with E-state index in [1.54, 1.807) is 7.05 Å². The maximum Gasteiger partial charge on any atom is 0.222 e. The SMILES string of the molecule is CN=C(NCCn1cccc1)NCc1ccc(CN2CCCC2=O)cc1. The van der Waals surface area contributed by atoms with E-state index < -0.39 is 0 Å². The van der Waals surface area contributed by atoms with Crippen molar-refractivity contribution >= 4 is 11.9 Å². The van der Waals surface area contributed by atoms with Crippen molar-refractivity contribution in [2.45, 2.75) is 32.5 Å². The Kier molecular flexibility index (Phi) is 6.30.